The van der Waals surface area contributed by atoms with E-state index in [1.807, 2.05) is 45.0 Å². The maximum atomic E-state index is 11.8. The van der Waals surface area contributed by atoms with Crippen LogP contribution in [0.4, 0.5) is 4.79 Å². The largest absolute Gasteiger partial charge is 0.444 e. The van der Waals surface area contributed by atoms with Gasteiger partial charge in [-0.2, -0.15) is 0 Å². The fourth-order valence-electron chi connectivity index (χ4n) is 2.25. The first-order valence-corrected chi connectivity index (χ1v) is 7.51. The van der Waals surface area contributed by atoms with E-state index in [0.717, 1.165) is 12.2 Å². The van der Waals surface area contributed by atoms with E-state index in [1.165, 1.54) is 11.3 Å². The average Bonchev–Trinajstić information content (AvgIpc) is 2.77. The number of nitrogens with one attached hydrogen (secondary N) is 1. The number of rotatable bonds is 4. The minimum atomic E-state index is -0.480. The van der Waals surface area contributed by atoms with Gasteiger partial charge >= 0.3 is 6.09 Å². The lowest BCUT2D eigenvalue weighted by Crippen LogP contribution is -2.32. The van der Waals surface area contributed by atoms with Crippen LogP contribution in [0, 0.1) is 6.92 Å². The van der Waals surface area contributed by atoms with Crippen molar-refractivity contribution in [1.29, 1.82) is 0 Å². The third-order valence-electron chi connectivity index (χ3n) is 3.29. The molecule has 0 aliphatic heterocycles. The molecule has 4 nitrogen and oxygen atoms in total. The highest BCUT2D eigenvalue weighted by Crippen LogP contribution is 2.13. The average molecular weight is 300 g/mol. The molecule has 0 unspecified atom stereocenters. The summed E-state index contributed by atoms with van der Waals surface area (Å²) in [5, 5.41) is 2.81. The normalized spacial score (nSPS) is 11.3. The Balaban J connectivity index is 2.02. The van der Waals surface area contributed by atoms with Crippen molar-refractivity contribution in [3.8, 4) is 0 Å². The summed E-state index contributed by atoms with van der Waals surface area (Å²) in [7, 11) is 0. The first-order valence-electron chi connectivity index (χ1n) is 7.51. The number of benzene rings is 1. The number of ether oxygens (including phenoxy) is 1. The zero-order valence-electron chi connectivity index (χ0n) is 13.7. The summed E-state index contributed by atoms with van der Waals surface area (Å²) >= 11 is 0. The summed E-state index contributed by atoms with van der Waals surface area (Å²) in [4.78, 5) is 11.8. The van der Waals surface area contributed by atoms with Crippen LogP contribution in [0.15, 0.2) is 42.5 Å². The van der Waals surface area contributed by atoms with Crippen molar-refractivity contribution in [2.45, 2.75) is 46.4 Å². The Labute approximate surface area is 132 Å². The van der Waals surface area contributed by atoms with Crippen molar-refractivity contribution in [2.75, 3.05) is 0 Å². The Morgan fingerprint density at radius 1 is 1.14 bits per heavy atom. The van der Waals surface area contributed by atoms with Crippen LogP contribution in [0.2, 0.25) is 0 Å². The highest BCUT2D eigenvalue weighted by molar-refractivity contribution is 5.67. The Kier molecular flexibility index (Phi) is 4.91. The third-order valence-corrected chi connectivity index (χ3v) is 3.29. The fraction of sp³-hybridized carbons (Fsp3) is 0.389. The number of amides is 1. The number of hydrogen-bond donors (Lipinski definition) is 1. The van der Waals surface area contributed by atoms with Crippen LogP contribution in [0.25, 0.3) is 0 Å². The van der Waals surface area contributed by atoms with Gasteiger partial charge in [0.2, 0.25) is 0 Å². The zero-order chi connectivity index (χ0) is 16.2. The van der Waals surface area contributed by atoms with Gasteiger partial charge in [-0.3, -0.25) is 0 Å². The molecule has 1 amide bonds. The number of carbonyl (C=O) groups excluding carboxylic acids is 1. The minimum Gasteiger partial charge on any atom is -0.444 e. The first-order chi connectivity index (χ1) is 10.3. The molecule has 1 heterocycles. The molecule has 4 heteroatoms. The lowest BCUT2D eigenvalue weighted by molar-refractivity contribution is 0.0522. The third kappa shape index (κ3) is 4.65. The van der Waals surface area contributed by atoms with Gasteiger partial charge in [0.1, 0.15) is 5.60 Å². The van der Waals surface area contributed by atoms with E-state index in [4.69, 9.17) is 4.74 Å². The second kappa shape index (κ2) is 6.69. The summed E-state index contributed by atoms with van der Waals surface area (Å²) in [6, 6.07) is 14.4. The van der Waals surface area contributed by atoms with Crippen LogP contribution < -0.4 is 5.32 Å². The highest BCUT2D eigenvalue weighted by atomic mass is 16.6. The number of hydrogen-bond acceptors (Lipinski definition) is 2. The molecule has 0 radical (unpaired) electrons. The summed E-state index contributed by atoms with van der Waals surface area (Å²) in [6.07, 6.45) is -0.391. The number of carbonyl (C=O) groups is 1. The van der Waals surface area contributed by atoms with Gasteiger partial charge < -0.3 is 14.6 Å². The Morgan fingerprint density at radius 2 is 1.82 bits per heavy atom. The van der Waals surface area contributed by atoms with Gasteiger partial charge in [-0.25, -0.2) is 4.79 Å². The smallest absolute Gasteiger partial charge is 0.407 e. The van der Waals surface area contributed by atoms with E-state index >= 15 is 0 Å². The number of aromatic nitrogens is 1. The molecule has 0 bridgehead atoms. The first kappa shape index (κ1) is 16.1. The van der Waals surface area contributed by atoms with Crippen LogP contribution in [0.5, 0.6) is 0 Å². The zero-order valence-corrected chi connectivity index (χ0v) is 13.7. The Bertz CT molecular complexity index is 624. The monoisotopic (exact) mass is 300 g/mol. The lowest BCUT2D eigenvalue weighted by Gasteiger charge is -2.20. The molecular formula is C18H24N2O2. The number of nitrogens with zero attached hydrogens (tertiary/aromatic N) is 1. The molecule has 118 valence electrons. The molecule has 0 aliphatic carbocycles. The molecule has 0 saturated carbocycles. The van der Waals surface area contributed by atoms with Gasteiger partial charge in [0.25, 0.3) is 0 Å². The second-order valence-corrected chi connectivity index (χ2v) is 6.39. The predicted molar refractivity (Wildman–Crippen MR) is 87.8 cm³/mol. The van der Waals surface area contributed by atoms with Gasteiger partial charge in [0.05, 0.1) is 6.54 Å². The van der Waals surface area contributed by atoms with Crippen LogP contribution in [-0.2, 0) is 17.8 Å². The molecular weight excluding hydrogens is 276 g/mol. The number of aryl methyl sites for hydroxylation is 1. The van der Waals surface area contributed by atoms with Crippen LogP contribution in [-0.4, -0.2) is 16.3 Å². The predicted octanol–water partition coefficient (Wildman–Crippen LogP) is 3.87. The van der Waals surface area contributed by atoms with Crippen molar-refractivity contribution in [2.24, 2.45) is 0 Å². The van der Waals surface area contributed by atoms with Crippen molar-refractivity contribution >= 4 is 6.09 Å². The van der Waals surface area contributed by atoms with E-state index in [9.17, 15) is 4.79 Å². The molecule has 2 rings (SSSR count). The van der Waals surface area contributed by atoms with E-state index in [-0.39, 0.29) is 0 Å². The molecule has 1 aromatic carbocycles. The second-order valence-electron chi connectivity index (χ2n) is 6.39. The van der Waals surface area contributed by atoms with Crippen LogP contribution >= 0.6 is 0 Å². The summed E-state index contributed by atoms with van der Waals surface area (Å²) in [5.74, 6) is 0. The highest BCUT2D eigenvalue weighted by Gasteiger charge is 2.16. The minimum absolute atomic E-state index is 0.391. The summed E-state index contributed by atoms with van der Waals surface area (Å²) in [6.45, 7) is 8.89. The van der Waals surface area contributed by atoms with E-state index in [1.54, 1.807) is 0 Å². The van der Waals surface area contributed by atoms with E-state index < -0.39 is 11.7 Å². The Morgan fingerprint density at radius 3 is 2.45 bits per heavy atom. The lowest BCUT2D eigenvalue weighted by atomic mass is 10.2. The van der Waals surface area contributed by atoms with Gasteiger partial charge in [-0.15, -0.1) is 0 Å². The standard InChI is InChI=1S/C18H24N2O2/c1-14-10-11-16(12-19-17(21)22-18(2,3)4)20(14)13-15-8-6-5-7-9-15/h5-11H,12-13H2,1-4H3,(H,19,21). The maximum Gasteiger partial charge on any atom is 0.407 e. The number of alkyl carbamates (subject to hydrolysis) is 1. The van der Waals surface area contributed by atoms with Crippen molar-refractivity contribution in [3.63, 3.8) is 0 Å². The molecule has 1 N–H and O–H groups in total. The van der Waals surface area contributed by atoms with Crippen molar-refractivity contribution in [1.82, 2.24) is 9.88 Å². The summed E-state index contributed by atoms with van der Waals surface area (Å²) in [5.41, 5.74) is 2.99. The molecule has 2 aromatic rings. The van der Waals surface area contributed by atoms with Gasteiger partial charge in [0.15, 0.2) is 0 Å². The molecule has 0 saturated heterocycles. The van der Waals surface area contributed by atoms with Gasteiger partial charge in [-0.1, -0.05) is 30.3 Å². The topological polar surface area (TPSA) is 43.3 Å². The van der Waals surface area contributed by atoms with Crippen molar-refractivity contribution < 1.29 is 9.53 Å². The molecule has 0 aliphatic rings. The van der Waals surface area contributed by atoms with Crippen LogP contribution in [0.3, 0.4) is 0 Å². The van der Waals surface area contributed by atoms with Crippen LogP contribution in [0.1, 0.15) is 37.7 Å². The van der Waals surface area contributed by atoms with Gasteiger partial charge in [0, 0.05) is 17.9 Å². The molecule has 0 fully saturated rings. The molecule has 22 heavy (non-hydrogen) atoms. The SMILES string of the molecule is Cc1ccc(CNC(=O)OC(C)(C)C)n1Cc1ccccc1. The summed E-state index contributed by atoms with van der Waals surface area (Å²) < 4.78 is 7.47. The van der Waals surface area contributed by atoms with E-state index in [2.05, 4.69) is 35.0 Å². The molecule has 1 aromatic heterocycles. The van der Waals surface area contributed by atoms with Gasteiger partial charge in [-0.05, 0) is 45.4 Å². The molecule has 0 atom stereocenters. The maximum absolute atomic E-state index is 11.8. The molecule has 0 spiro atoms. The quantitative estimate of drug-likeness (QED) is 0.931. The van der Waals surface area contributed by atoms with E-state index in [0.29, 0.717) is 6.54 Å². The fourth-order valence-corrected chi connectivity index (χ4v) is 2.25. The van der Waals surface area contributed by atoms with Crippen molar-refractivity contribution in [3.05, 3.63) is 59.4 Å². The Hall–Kier alpha value is -2.23.